The van der Waals surface area contributed by atoms with E-state index in [2.05, 4.69) is 21.3 Å². The maximum Gasteiger partial charge on any atom is 0.257 e. The zero-order valence-electron chi connectivity index (χ0n) is 18.1. The zero-order valence-corrected chi connectivity index (χ0v) is 18.9. The number of ether oxygens (including phenoxy) is 1. The molecule has 162 valence electrons. The van der Waals surface area contributed by atoms with Crippen LogP contribution in [0.2, 0.25) is 0 Å². The van der Waals surface area contributed by atoms with E-state index in [9.17, 15) is 9.59 Å². The summed E-state index contributed by atoms with van der Waals surface area (Å²) in [7, 11) is 1.59. The average Bonchev–Trinajstić information content (AvgIpc) is 3.38. The molecule has 1 N–H and O–H groups in total. The number of carbonyl (C=O) groups is 2. The largest absolute Gasteiger partial charge is 0.495 e. The number of hydrogen-bond acceptors (Lipinski definition) is 4. The molecule has 0 unspecified atom stereocenters. The van der Waals surface area contributed by atoms with Gasteiger partial charge in [0.05, 0.1) is 24.9 Å². The summed E-state index contributed by atoms with van der Waals surface area (Å²) in [6, 6.07) is 11.5. The van der Waals surface area contributed by atoms with Crippen LogP contribution in [0, 0.1) is 13.8 Å². The van der Waals surface area contributed by atoms with E-state index in [1.54, 1.807) is 35.5 Å². The van der Waals surface area contributed by atoms with Gasteiger partial charge in [-0.1, -0.05) is 6.07 Å². The van der Waals surface area contributed by atoms with Crippen LogP contribution in [0.3, 0.4) is 0 Å². The van der Waals surface area contributed by atoms with Crippen LogP contribution >= 0.6 is 11.3 Å². The standard InChI is InChI=1S/C24H27N3O3S/c1-16-13-20(17(2)27(16)15-19-7-6-12-31-19)24(29)25-18-9-10-22(30-3)21(14-18)26-11-5-4-8-23(26)28/h6-7,9-10,12-14H,4-5,8,11,15H2,1-3H3,(H,25,29). The fraction of sp³-hybridized carbons (Fsp3) is 0.333. The topological polar surface area (TPSA) is 63.6 Å². The van der Waals surface area contributed by atoms with Gasteiger partial charge in [0.1, 0.15) is 5.75 Å². The van der Waals surface area contributed by atoms with Crippen LogP contribution in [-0.4, -0.2) is 30.0 Å². The van der Waals surface area contributed by atoms with Gasteiger partial charge in [-0.25, -0.2) is 0 Å². The number of benzene rings is 1. The molecule has 2 amide bonds. The molecule has 3 aromatic rings. The van der Waals surface area contributed by atoms with E-state index in [1.165, 1.54) is 4.88 Å². The Labute approximate surface area is 186 Å². The third-order valence-corrected chi connectivity index (χ3v) is 6.62. The molecule has 1 fully saturated rings. The minimum Gasteiger partial charge on any atom is -0.495 e. The number of aromatic nitrogens is 1. The summed E-state index contributed by atoms with van der Waals surface area (Å²) < 4.78 is 7.63. The summed E-state index contributed by atoms with van der Waals surface area (Å²) in [6.45, 7) is 5.41. The Kier molecular flexibility index (Phi) is 6.13. The van der Waals surface area contributed by atoms with E-state index in [0.29, 0.717) is 35.7 Å². The summed E-state index contributed by atoms with van der Waals surface area (Å²) in [4.78, 5) is 28.5. The molecular weight excluding hydrogens is 410 g/mol. The highest BCUT2D eigenvalue weighted by molar-refractivity contribution is 7.09. The number of rotatable bonds is 6. The lowest BCUT2D eigenvalue weighted by Gasteiger charge is -2.28. The van der Waals surface area contributed by atoms with Gasteiger partial charge in [-0.2, -0.15) is 0 Å². The number of methoxy groups -OCH3 is 1. The monoisotopic (exact) mass is 437 g/mol. The molecule has 4 rings (SSSR count). The smallest absolute Gasteiger partial charge is 0.257 e. The van der Waals surface area contributed by atoms with Gasteiger partial charge in [0, 0.05) is 34.9 Å². The molecule has 7 heteroatoms. The quantitative estimate of drug-likeness (QED) is 0.591. The highest BCUT2D eigenvalue weighted by atomic mass is 32.1. The third kappa shape index (κ3) is 4.37. The minimum absolute atomic E-state index is 0.0881. The van der Waals surface area contributed by atoms with Crippen molar-refractivity contribution in [2.75, 3.05) is 23.9 Å². The second-order valence-corrected chi connectivity index (χ2v) is 8.83. The van der Waals surface area contributed by atoms with E-state index >= 15 is 0 Å². The predicted octanol–water partition coefficient (Wildman–Crippen LogP) is 4.99. The van der Waals surface area contributed by atoms with Gasteiger partial charge in [0.25, 0.3) is 5.91 Å². The van der Waals surface area contributed by atoms with Gasteiger partial charge in [-0.15, -0.1) is 11.3 Å². The molecule has 3 heterocycles. The first-order valence-corrected chi connectivity index (χ1v) is 11.3. The number of thiophene rings is 1. The van der Waals surface area contributed by atoms with E-state index < -0.39 is 0 Å². The van der Waals surface area contributed by atoms with Gasteiger partial charge in [0.15, 0.2) is 0 Å². The molecule has 0 bridgehead atoms. The molecular formula is C24H27N3O3S. The van der Waals surface area contributed by atoms with Crippen molar-refractivity contribution in [3.63, 3.8) is 0 Å². The Morgan fingerprint density at radius 3 is 2.74 bits per heavy atom. The van der Waals surface area contributed by atoms with Crippen molar-refractivity contribution in [1.82, 2.24) is 4.57 Å². The summed E-state index contributed by atoms with van der Waals surface area (Å²) in [5, 5.41) is 5.06. The Morgan fingerprint density at radius 1 is 1.19 bits per heavy atom. The van der Waals surface area contributed by atoms with E-state index in [4.69, 9.17) is 4.74 Å². The normalized spacial score (nSPS) is 14.0. The number of nitrogens with one attached hydrogen (secondary N) is 1. The molecule has 0 radical (unpaired) electrons. The van der Waals surface area contributed by atoms with Crippen molar-refractivity contribution < 1.29 is 14.3 Å². The van der Waals surface area contributed by atoms with Crippen molar-refractivity contribution in [3.05, 3.63) is 63.6 Å². The SMILES string of the molecule is COc1ccc(NC(=O)c2cc(C)n(Cc3cccs3)c2C)cc1N1CCCCC1=O. The lowest BCUT2D eigenvalue weighted by Crippen LogP contribution is -2.35. The summed E-state index contributed by atoms with van der Waals surface area (Å²) >= 11 is 1.71. The van der Waals surface area contributed by atoms with Crippen LogP contribution in [0.15, 0.2) is 41.8 Å². The number of carbonyl (C=O) groups excluding carboxylic acids is 2. The van der Waals surface area contributed by atoms with E-state index in [1.807, 2.05) is 32.0 Å². The zero-order chi connectivity index (χ0) is 22.0. The van der Waals surface area contributed by atoms with Gasteiger partial charge < -0.3 is 19.5 Å². The Balaban J connectivity index is 1.57. The molecule has 2 aromatic heterocycles. The molecule has 31 heavy (non-hydrogen) atoms. The van der Waals surface area contributed by atoms with Crippen LogP contribution in [0.4, 0.5) is 11.4 Å². The second kappa shape index (κ2) is 8.98. The summed E-state index contributed by atoms with van der Waals surface area (Å²) in [5.74, 6) is 0.555. The lowest BCUT2D eigenvalue weighted by atomic mass is 10.1. The lowest BCUT2D eigenvalue weighted by molar-refractivity contribution is -0.119. The van der Waals surface area contributed by atoms with Crippen LogP contribution in [0.1, 0.15) is 45.9 Å². The molecule has 1 aliphatic rings. The highest BCUT2D eigenvalue weighted by Crippen LogP contribution is 2.34. The first-order chi connectivity index (χ1) is 15.0. The van der Waals surface area contributed by atoms with Gasteiger partial charge in [0.2, 0.25) is 5.91 Å². The number of nitrogens with zero attached hydrogens (tertiary/aromatic N) is 2. The number of aryl methyl sites for hydroxylation is 1. The van der Waals surface area contributed by atoms with E-state index in [0.717, 1.165) is 30.8 Å². The van der Waals surface area contributed by atoms with Crippen molar-refractivity contribution >= 4 is 34.5 Å². The first kappa shape index (κ1) is 21.2. The third-order valence-electron chi connectivity index (χ3n) is 5.76. The van der Waals surface area contributed by atoms with Gasteiger partial charge in [-0.05, 0) is 62.4 Å². The van der Waals surface area contributed by atoms with Crippen molar-refractivity contribution in [2.45, 2.75) is 39.7 Å². The van der Waals surface area contributed by atoms with Crippen LogP contribution in [0.5, 0.6) is 5.75 Å². The molecule has 0 spiro atoms. The van der Waals surface area contributed by atoms with E-state index in [-0.39, 0.29) is 11.8 Å². The maximum atomic E-state index is 13.1. The number of amides is 2. The van der Waals surface area contributed by atoms with Crippen LogP contribution in [-0.2, 0) is 11.3 Å². The molecule has 0 atom stereocenters. The molecule has 1 saturated heterocycles. The van der Waals surface area contributed by atoms with Crippen LogP contribution < -0.4 is 15.0 Å². The average molecular weight is 438 g/mol. The fourth-order valence-corrected chi connectivity index (χ4v) is 4.76. The maximum absolute atomic E-state index is 13.1. The minimum atomic E-state index is -0.161. The molecule has 0 saturated carbocycles. The Bertz CT molecular complexity index is 1100. The van der Waals surface area contributed by atoms with Crippen molar-refractivity contribution in [2.24, 2.45) is 0 Å². The highest BCUT2D eigenvalue weighted by Gasteiger charge is 2.23. The Morgan fingerprint density at radius 2 is 2.03 bits per heavy atom. The van der Waals surface area contributed by atoms with Crippen molar-refractivity contribution in [1.29, 1.82) is 0 Å². The molecule has 1 aliphatic heterocycles. The summed E-state index contributed by atoms with van der Waals surface area (Å²) in [6.07, 6.45) is 2.41. The number of anilines is 2. The Hall–Kier alpha value is -3.06. The second-order valence-electron chi connectivity index (χ2n) is 7.79. The summed E-state index contributed by atoms with van der Waals surface area (Å²) in [5.41, 5.74) is 3.98. The predicted molar refractivity (Wildman–Crippen MR) is 124 cm³/mol. The first-order valence-electron chi connectivity index (χ1n) is 10.5. The number of piperidine rings is 1. The van der Waals surface area contributed by atoms with Crippen molar-refractivity contribution in [3.8, 4) is 5.75 Å². The number of hydrogen-bond donors (Lipinski definition) is 1. The van der Waals surface area contributed by atoms with Crippen LogP contribution in [0.25, 0.3) is 0 Å². The fourth-order valence-electron chi connectivity index (χ4n) is 4.07. The van der Waals surface area contributed by atoms with Gasteiger partial charge in [-0.3, -0.25) is 9.59 Å². The molecule has 1 aromatic carbocycles. The molecule has 6 nitrogen and oxygen atoms in total. The van der Waals surface area contributed by atoms with Gasteiger partial charge >= 0.3 is 0 Å². The molecule has 0 aliphatic carbocycles.